The van der Waals surface area contributed by atoms with Crippen molar-refractivity contribution in [2.45, 2.75) is 26.3 Å². The van der Waals surface area contributed by atoms with Crippen LogP contribution in [0.4, 0.5) is 10.1 Å². The summed E-state index contributed by atoms with van der Waals surface area (Å²) in [7, 11) is 0. The van der Waals surface area contributed by atoms with Gasteiger partial charge in [-0.3, -0.25) is 19.3 Å². The topological polar surface area (TPSA) is 70.8 Å². The third kappa shape index (κ3) is 3.13. The number of amides is 3. The van der Waals surface area contributed by atoms with E-state index in [9.17, 15) is 18.8 Å². The molecule has 5 rings (SSSR count). The lowest BCUT2D eigenvalue weighted by Gasteiger charge is -2.31. The monoisotopic (exact) mass is 418 g/mol. The number of carbonyl (C=O) groups is 3. The zero-order valence-electron chi connectivity index (χ0n) is 16.9. The van der Waals surface area contributed by atoms with Crippen molar-refractivity contribution in [1.29, 1.82) is 0 Å². The minimum atomic E-state index is -0.455. The fraction of sp³-hybridized carbons (Fsp3) is 0.208. The Labute approximate surface area is 177 Å². The fourth-order valence-corrected chi connectivity index (χ4v) is 4.41. The predicted molar refractivity (Wildman–Crippen MR) is 110 cm³/mol. The molecule has 31 heavy (non-hydrogen) atoms. The second-order valence-corrected chi connectivity index (χ2v) is 7.83. The van der Waals surface area contributed by atoms with Gasteiger partial charge in [-0.05, 0) is 73.4 Å². The first-order valence-corrected chi connectivity index (χ1v) is 10.1. The molecule has 3 heterocycles. The molecule has 0 N–H and O–H groups in total. The van der Waals surface area contributed by atoms with Gasteiger partial charge >= 0.3 is 0 Å². The Kier molecular flexibility index (Phi) is 4.46. The van der Waals surface area contributed by atoms with Crippen LogP contribution in [0.5, 0.6) is 0 Å². The normalized spacial score (nSPS) is 15.3. The maximum atomic E-state index is 13.8. The molecule has 7 heteroatoms. The van der Waals surface area contributed by atoms with Gasteiger partial charge in [0, 0.05) is 12.1 Å². The highest BCUT2D eigenvalue weighted by molar-refractivity contribution is 6.22. The summed E-state index contributed by atoms with van der Waals surface area (Å²) in [5.41, 5.74) is 3.01. The zero-order chi connectivity index (χ0) is 21.7. The van der Waals surface area contributed by atoms with Crippen LogP contribution < -0.4 is 4.90 Å². The molecule has 0 bridgehead atoms. The van der Waals surface area contributed by atoms with Gasteiger partial charge < -0.3 is 9.32 Å². The first-order chi connectivity index (χ1) is 14.9. The van der Waals surface area contributed by atoms with E-state index in [1.165, 1.54) is 30.5 Å². The van der Waals surface area contributed by atoms with Crippen molar-refractivity contribution < 1.29 is 23.2 Å². The zero-order valence-corrected chi connectivity index (χ0v) is 16.9. The highest BCUT2D eigenvalue weighted by atomic mass is 19.1. The number of hydrogen-bond acceptors (Lipinski definition) is 4. The fourth-order valence-electron chi connectivity index (χ4n) is 4.41. The van der Waals surface area contributed by atoms with E-state index in [4.69, 9.17) is 4.42 Å². The molecule has 0 fully saturated rings. The van der Waals surface area contributed by atoms with Crippen LogP contribution in [0.3, 0.4) is 0 Å². The molecule has 0 unspecified atom stereocenters. The van der Waals surface area contributed by atoms with E-state index in [-0.39, 0.29) is 29.4 Å². The Morgan fingerprint density at radius 2 is 1.90 bits per heavy atom. The lowest BCUT2D eigenvalue weighted by Crippen LogP contribution is -2.36. The van der Waals surface area contributed by atoms with Crippen LogP contribution in [0.15, 0.2) is 53.1 Å². The second kappa shape index (κ2) is 7.19. The van der Waals surface area contributed by atoms with Crippen molar-refractivity contribution in [3.05, 3.63) is 88.1 Å². The number of furan rings is 1. The van der Waals surface area contributed by atoms with Gasteiger partial charge in [-0.2, -0.15) is 0 Å². The summed E-state index contributed by atoms with van der Waals surface area (Å²) in [5, 5.41) is 0. The average molecular weight is 418 g/mol. The molecule has 1 aromatic heterocycles. The Balaban J connectivity index is 1.47. The molecule has 2 aliphatic rings. The smallest absolute Gasteiger partial charge is 0.261 e. The van der Waals surface area contributed by atoms with E-state index in [0.29, 0.717) is 29.9 Å². The van der Waals surface area contributed by atoms with E-state index >= 15 is 0 Å². The first kappa shape index (κ1) is 19.2. The second-order valence-electron chi connectivity index (χ2n) is 7.83. The molecule has 0 aliphatic carbocycles. The Morgan fingerprint density at radius 3 is 2.68 bits per heavy atom. The molecule has 2 aromatic carbocycles. The molecule has 0 spiro atoms. The number of aryl methyl sites for hydroxylation is 2. The molecule has 0 saturated heterocycles. The first-order valence-electron chi connectivity index (χ1n) is 10.1. The molecule has 2 aliphatic heterocycles. The van der Waals surface area contributed by atoms with E-state index < -0.39 is 11.8 Å². The summed E-state index contributed by atoms with van der Waals surface area (Å²) in [6.45, 7) is 2.32. The van der Waals surface area contributed by atoms with Crippen LogP contribution in [0.25, 0.3) is 0 Å². The number of anilines is 1. The summed E-state index contributed by atoms with van der Waals surface area (Å²) >= 11 is 0. The number of fused-ring (bicyclic) bond motifs is 2. The van der Waals surface area contributed by atoms with Gasteiger partial charge in [-0.15, -0.1) is 0 Å². The Morgan fingerprint density at radius 1 is 1.10 bits per heavy atom. The van der Waals surface area contributed by atoms with Gasteiger partial charge in [0.2, 0.25) is 0 Å². The molecule has 6 nitrogen and oxygen atoms in total. The molecule has 156 valence electrons. The Hall–Kier alpha value is -3.74. The predicted octanol–water partition coefficient (Wildman–Crippen LogP) is 4.12. The summed E-state index contributed by atoms with van der Waals surface area (Å²) in [5.74, 6) is -0.959. The van der Waals surface area contributed by atoms with Crippen molar-refractivity contribution in [3.63, 3.8) is 0 Å². The lowest BCUT2D eigenvalue weighted by molar-refractivity contribution is 0.0631. The average Bonchev–Trinajstić information content (AvgIpc) is 3.35. The number of nitrogens with zero attached hydrogens (tertiary/aromatic N) is 2. The Bertz CT molecular complexity index is 1230. The van der Waals surface area contributed by atoms with E-state index in [1.54, 1.807) is 30.0 Å². The number of carbonyl (C=O) groups excluding carboxylic acids is 3. The van der Waals surface area contributed by atoms with Crippen LogP contribution in [-0.2, 0) is 13.0 Å². The highest BCUT2D eigenvalue weighted by Gasteiger charge is 2.37. The minimum Gasteiger partial charge on any atom is -0.467 e. The maximum Gasteiger partial charge on any atom is 0.261 e. The summed E-state index contributed by atoms with van der Waals surface area (Å²) in [6.07, 6.45) is 2.91. The van der Waals surface area contributed by atoms with Gasteiger partial charge in [0.15, 0.2) is 0 Å². The summed E-state index contributed by atoms with van der Waals surface area (Å²) in [4.78, 5) is 41.6. The number of benzene rings is 2. The molecular weight excluding hydrogens is 399 g/mol. The third-order valence-electron chi connectivity index (χ3n) is 5.80. The minimum absolute atomic E-state index is 0.0346. The number of rotatable bonds is 3. The van der Waals surface area contributed by atoms with Crippen LogP contribution in [0.1, 0.15) is 54.4 Å². The van der Waals surface area contributed by atoms with Gasteiger partial charge in [-0.25, -0.2) is 4.39 Å². The standard InChI is InChI=1S/C24H19FN2O4/c1-14-10-17(25)11-15-4-2-8-26(21(14)15)22(28)16-6-7-19-20(12-16)24(30)27(23(19)29)13-18-5-3-9-31-18/h3,5-7,9-12H,2,4,8,13H2,1H3. The van der Waals surface area contributed by atoms with Gasteiger partial charge in [0.25, 0.3) is 17.7 Å². The van der Waals surface area contributed by atoms with Crippen LogP contribution in [-0.4, -0.2) is 29.2 Å². The summed E-state index contributed by atoms with van der Waals surface area (Å²) < 4.78 is 19.1. The SMILES string of the molecule is Cc1cc(F)cc2c1N(C(=O)c1ccc3c(c1)C(=O)N(Cc1ccco1)C3=O)CCC2. The van der Waals surface area contributed by atoms with Gasteiger partial charge in [0.05, 0.1) is 29.6 Å². The number of imide groups is 1. The van der Waals surface area contributed by atoms with Crippen molar-refractivity contribution >= 4 is 23.4 Å². The lowest BCUT2D eigenvalue weighted by atomic mass is 9.96. The van der Waals surface area contributed by atoms with Crippen molar-refractivity contribution in [3.8, 4) is 0 Å². The van der Waals surface area contributed by atoms with E-state index in [2.05, 4.69) is 0 Å². The van der Waals surface area contributed by atoms with Crippen molar-refractivity contribution in [2.24, 2.45) is 0 Å². The van der Waals surface area contributed by atoms with Gasteiger partial charge in [0.1, 0.15) is 11.6 Å². The number of halogens is 1. The molecule has 0 saturated carbocycles. The van der Waals surface area contributed by atoms with E-state index in [1.807, 2.05) is 0 Å². The van der Waals surface area contributed by atoms with Crippen molar-refractivity contribution in [1.82, 2.24) is 4.90 Å². The number of hydrogen-bond donors (Lipinski definition) is 0. The van der Waals surface area contributed by atoms with Gasteiger partial charge in [-0.1, -0.05) is 0 Å². The maximum absolute atomic E-state index is 13.8. The molecule has 3 aromatic rings. The summed E-state index contributed by atoms with van der Waals surface area (Å²) in [6, 6.07) is 10.8. The van der Waals surface area contributed by atoms with Crippen LogP contribution in [0, 0.1) is 12.7 Å². The largest absolute Gasteiger partial charge is 0.467 e. The quantitative estimate of drug-likeness (QED) is 0.600. The molecule has 3 amide bonds. The molecule has 0 atom stereocenters. The van der Waals surface area contributed by atoms with E-state index in [0.717, 1.165) is 22.6 Å². The van der Waals surface area contributed by atoms with Crippen LogP contribution in [0.2, 0.25) is 0 Å². The third-order valence-corrected chi connectivity index (χ3v) is 5.80. The molecule has 0 radical (unpaired) electrons. The molecular formula is C24H19FN2O4. The van der Waals surface area contributed by atoms with Crippen LogP contribution >= 0.6 is 0 Å². The highest BCUT2D eigenvalue weighted by Crippen LogP contribution is 2.33. The van der Waals surface area contributed by atoms with Crippen molar-refractivity contribution in [2.75, 3.05) is 11.4 Å².